The zero-order valence-electron chi connectivity index (χ0n) is 10.6. The van der Waals surface area contributed by atoms with E-state index in [0.717, 1.165) is 25.8 Å². The molecule has 20 heavy (non-hydrogen) atoms. The summed E-state index contributed by atoms with van der Waals surface area (Å²) in [5.41, 5.74) is 1.63. The molecule has 3 nitrogen and oxygen atoms in total. The fraction of sp³-hybridized carbons (Fsp3) is 0.0625. The molecule has 1 N–H and O–H groups in total. The summed E-state index contributed by atoms with van der Waals surface area (Å²) in [6.07, 6.45) is 0. The Bertz CT molecular complexity index is 741. The number of aromatic nitrogens is 1. The van der Waals surface area contributed by atoms with Crippen molar-refractivity contribution in [1.82, 2.24) is 4.98 Å². The van der Waals surface area contributed by atoms with Crippen LogP contribution >= 0.6 is 22.6 Å². The van der Waals surface area contributed by atoms with E-state index in [2.05, 4.69) is 27.6 Å². The molecule has 0 bridgehead atoms. The maximum absolute atomic E-state index is 9.48. The molecule has 0 atom stereocenters. The van der Waals surface area contributed by atoms with Crippen LogP contribution < -0.4 is 4.74 Å². The highest BCUT2D eigenvalue weighted by molar-refractivity contribution is 14.1. The third-order valence-electron chi connectivity index (χ3n) is 2.98. The second kappa shape index (κ2) is 5.76. The Labute approximate surface area is 130 Å². The van der Waals surface area contributed by atoms with Gasteiger partial charge in [0.1, 0.15) is 5.75 Å². The predicted octanol–water partition coefficient (Wildman–Crippen LogP) is 4.12. The van der Waals surface area contributed by atoms with Crippen molar-refractivity contribution in [1.29, 1.82) is 0 Å². The summed E-state index contributed by atoms with van der Waals surface area (Å²) in [6, 6.07) is 17.2. The van der Waals surface area contributed by atoms with Crippen LogP contribution in [0.2, 0.25) is 0 Å². The molecule has 0 saturated heterocycles. The maximum atomic E-state index is 9.48. The van der Waals surface area contributed by atoms with Gasteiger partial charge >= 0.3 is 0 Å². The van der Waals surface area contributed by atoms with Crippen molar-refractivity contribution >= 4 is 33.5 Å². The van der Waals surface area contributed by atoms with Crippen molar-refractivity contribution in [3.63, 3.8) is 0 Å². The van der Waals surface area contributed by atoms with E-state index in [4.69, 9.17) is 4.74 Å². The van der Waals surface area contributed by atoms with Crippen molar-refractivity contribution in [2.24, 2.45) is 0 Å². The number of halogens is 1. The largest absolute Gasteiger partial charge is 0.439 e. The summed E-state index contributed by atoms with van der Waals surface area (Å²) in [6.45, 7) is -0.0356. The number of hydrogen-bond acceptors (Lipinski definition) is 3. The summed E-state index contributed by atoms with van der Waals surface area (Å²) in [4.78, 5) is 4.47. The number of rotatable bonds is 3. The average molecular weight is 377 g/mol. The molecule has 0 radical (unpaired) electrons. The quantitative estimate of drug-likeness (QED) is 0.699. The summed E-state index contributed by atoms with van der Waals surface area (Å²) < 4.78 is 6.91. The van der Waals surface area contributed by atoms with Gasteiger partial charge in [-0.05, 0) is 58.5 Å². The number of aliphatic hydroxyl groups is 1. The molecule has 1 aromatic heterocycles. The lowest BCUT2D eigenvalue weighted by Gasteiger charge is -2.09. The monoisotopic (exact) mass is 377 g/mol. The van der Waals surface area contributed by atoms with Crippen LogP contribution in [0.15, 0.2) is 54.6 Å². The smallest absolute Gasteiger partial charge is 0.220 e. The van der Waals surface area contributed by atoms with Gasteiger partial charge < -0.3 is 9.84 Å². The number of nitrogens with zero attached hydrogens (tertiary/aromatic N) is 1. The summed E-state index contributed by atoms with van der Waals surface area (Å²) >= 11 is 2.25. The minimum Gasteiger partial charge on any atom is -0.439 e. The molecule has 0 amide bonds. The Morgan fingerprint density at radius 1 is 1.05 bits per heavy atom. The second-order valence-electron chi connectivity index (χ2n) is 4.35. The molecule has 3 rings (SSSR count). The van der Waals surface area contributed by atoms with Gasteiger partial charge in [0.2, 0.25) is 5.88 Å². The van der Waals surface area contributed by atoms with Crippen molar-refractivity contribution in [3.05, 3.63) is 63.7 Å². The van der Waals surface area contributed by atoms with Crippen LogP contribution in [-0.4, -0.2) is 10.1 Å². The molecule has 4 heteroatoms. The SMILES string of the molecule is OCc1cc(Oc2ccc(I)cc2)nc2ccccc12. The Balaban J connectivity index is 2.01. The molecular weight excluding hydrogens is 365 g/mol. The minimum atomic E-state index is -0.0356. The molecule has 2 aromatic carbocycles. The van der Waals surface area contributed by atoms with Gasteiger partial charge in [0.05, 0.1) is 12.1 Å². The first kappa shape index (κ1) is 13.3. The number of aliphatic hydroxyl groups excluding tert-OH is 1. The zero-order valence-corrected chi connectivity index (χ0v) is 12.7. The third-order valence-corrected chi connectivity index (χ3v) is 3.70. The van der Waals surface area contributed by atoms with Crippen molar-refractivity contribution in [2.75, 3.05) is 0 Å². The molecule has 3 aromatic rings. The van der Waals surface area contributed by atoms with Crippen LogP contribution in [0.3, 0.4) is 0 Å². The highest BCUT2D eigenvalue weighted by Gasteiger charge is 2.06. The van der Waals surface area contributed by atoms with E-state index in [1.54, 1.807) is 6.07 Å². The van der Waals surface area contributed by atoms with Gasteiger partial charge in [0.15, 0.2) is 0 Å². The van der Waals surface area contributed by atoms with Gasteiger partial charge in [-0.1, -0.05) is 18.2 Å². The summed E-state index contributed by atoms with van der Waals surface area (Å²) in [5.74, 6) is 1.23. The van der Waals surface area contributed by atoms with E-state index in [0.29, 0.717) is 5.88 Å². The lowest BCUT2D eigenvalue weighted by molar-refractivity contribution is 0.282. The van der Waals surface area contributed by atoms with Gasteiger partial charge in [-0.3, -0.25) is 0 Å². The van der Waals surface area contributed by atoms with E-state index in [9.17, 15) is 5.11 Å². The predicted molar refractivity (Wildman–Crippen MR) is 86.9 cm³/mol. The Kier molecular flexibility index (Phi) is 3.84. The normalized spacial score (nSPS) is 10.7. The standard InChI is InChI=1S/C16H12INO2/c17-12-5-7-13(8-6-12)20-16-9-11(10-19)14-3-1-2-4-15(14)18-16/h1-9,19H,10H2. The fourth-order valence-corrected chi connectivity index (χ4v) is 2.39. The van der Waals surface area contributed by atoms with Gasteiger partial charge in [0.25, 0.3) is 0 Å². The van der Waals surface area contributed by atoms with Gasteiger partial charge in [0, 0.05) is 15.0 Å². The Hall–Kier alpha value is -1.66. The van der Waals surface area contributed by atoms with Crippen LogP contribution in [0.25, 0.3) is 10.9 Å². The van der Waals surface area contributed by atoms with E-state index in [1.165, 1.54) is 0 Å². The van der Waals surface area contributed by atoms with Gasteiger partial charge in [-0.15, -0.1) is 0 Å². The van der Waals surface area contributed by atoms with Crippen molar-refractivity contribution in [2.45, 2.75) is 6.61 Å². The summed E-state index contributed by atoms with van der Waals surface area (Å²) in [7, 11) is 0. The van der Waals surface area contributed by atoms with Crippen molar-refractivity contribution in [3.8, 4) is 11.6 Å². The van der Waals surface area contributed by atoms with Gasteiger partial charge in [-0.25, -0.2) is 4.98 Å². The van der Waals surface area contributed by atoms with E-state index < -0.39 is 0 Å². The zero-order chi connectivity index (χ0) is 13.9. The molecule has 0 aliphatic carbocycles. The molecular formula is C16H12INO2. The topological polar surface area (TPSA) is 42.4 Å². The van der Waals surface area contributed by atoms with Crippen LogP contribution in [0.1, 0.15) is 5.56 Å². The Morgan fingerprint density at radius 3 is 2.55 bits per heavy atom. The number of pyridine rings is 1. The first-order chi connectivity index (χ1) is 9.76. The fourth-order valence-electron chi connectivity index (χ4n) is 2.03. The lowest BCUT2D eigenvalue weighted by Crippen LogP contribution is -1.93. The van der Waals surface area contributed by atoms with Crippen molar-refractivity contribution < 1.29 is 9.84 Å². The first-order valence-corrected chi connectivity index (χ1v) is 7.27. The van der Waals surface area contributed by atoms with Gasteiger partial charge in [-0.2, -0.15) is 0 Å². The van der Waals surface area contributed by atoms with Crippen LogP contribution in [0, 0.1) is 3.57 Å². The maximum Gasteiger partial charge on any atom is 0.220 e. The molecule has 0 saturated carbocycles. The lowest BCUT2D eigenvalue weighted by atomic mass is 10.1. The van der Waals surface area contributed by atoms with E-state index in [1.807, 2.05) is 48.5 Å². The van der Waals surface area contributed by atoms with E-state index in [-0.39, 0.29) is 6.61 Å². The van der Waals surface area contributed by atoms with Crippen LogP contribution in [-0.2, 0) is 6.61 Å². The van der Waals surface area contributed by atoms with E-state index >= 15 is 0 Å². The third kappa shape index (κ3) is 2.76. The summed E-state index contributed by atoms with van der Waals surface area (Å²) in [5, 5.41) is 10.4. The number of para-hydroxylation sites is 1. The second-order valence-corrected chi connectivity index (χ2v) is 5.60. The minimum absolute atomic E-state index is 0.0356. The molecule has 100 valence electrons. The number of hydrogen-bond donors (Lipinski definition) is 1. The highest BCUT2D eigenvalue weighted by Crippen LogP contribution is 2.26. The van der Waals surface area contributed by atoms with Crippen LogP contribution in [0.5, 0.6) is 11.6 Å². The molecule has 0 spiro atoms. The Morgan fingerprint density at radius 2 is 1.80 bits per heavy atom. The molecule has 0 aliphatic heterocycles. The number of benzene rings is 2. The number of fused-ring (bicyclic) bond motifs is 1. The molecule has 0 unspecified atom stereocenters. The first-order valence-electron chi connectivity index (χ1n) is 6.19. The molecule has 1 heterocycles. The highest BCUT2D eigenvalue weighted by atomic mass is 127. The van der Waals surface area contributed by atoms with Crippen LogP contribution in [0.4, 0.5) is 0 Å². The molecule has 0 fully saturated rings. The molecule has 0 aliphatic rings. The number of ether oxygens (including phenoxy) is 1. The average Bonchev–Trinajstić information content (AvgIpc) is 2.49.